The molecule has 3 heteroatoms. The Morgan fingerprint density at radius 1 is 1.24 bits per heavy atom. The van der Waals surface area contributed by atoms with Crippen LogP contribution in [0, 0.1) is 17.3 Å². The van der Waals surface area contributed by atoms with Crippen molar-refractivity contribution in [2.24, 2.45) is 17.3 Å². The van der Waals surface area contributed by atoms with Crippen LogP contribution in [0.5, 0.6) is 0 Å². The van der Waals surface area contributed by atoms with Crippen molar-refractivity contribution in [2.45, 2.75) is 45.3 Å². The van der Waals surface area contributed by atoms with E-state index in [1.165, 1.54) is 19.3 Å². The summed E-state index contributed by atoms with van der Waals surface area (Å²) in [5.74, 6) is 1.48. The van der Waals surface area contributed by atoms with Gasteiger partial charge < -0.3 is 14.8 Å². The van der Waals surface area contributed by atoms with Crippen molar-refractivity contribution >= 4 is 0 Å². The van der Waals surface area contributed by atoms with Gasteiger partial charge in [0, 0.05) is 37.1 Å². The molecule has 3 aliphatic rings. The molecular weight excluding hydrogens is 214 g/mol. The fourth-order valence-electron chi connectivity index (χ4n) is 4.00. The van der Waals surface area contributed by atoms with E-state index >= 15 is 0 Å². The van der Waals surface area contributed by atoms with Gasteiger partial charge in [0.05, 0.1) is 12.7 Å². The lowest BCUT2D eigenvalue weighted by Gasteiger charge is -2.55. The van der Waals surface area contributed by atoms with Crippen LogP contribution in [0.2, 0.25) is 0 Å². The molecule has 3 rings (SSSR count). The number of hydrogen-bond acceptors (Lipinski definition) is 3. The molecule has 4 unspecified atom stereocenters. The van der Waals surface area contributed by atoms with Gasteiger partial charge in [-0.3, -0.25) is 0 Å². The quantitative estimate of drug-likeness (QED) is 0.815. The van der Waals surface area contributed by atoms with E-state index < -0.39 is 0 Å². The summed E-state index contributed by atoms with van der Waals surface area (Å²) in [5, 5.41) is 3.79. The van der Waals surface area contributed by atoms with E-state index in [1.807, 2.05) is 0 Å². The summed E-state index contributed by atoms with van der Waals surface area (Å²) in [6.45, 7) is 8.68. The minimum absolute atomic E-state index is 0.316. The van der Waals surface area contributed by atoms with Gasteiger partial charge in [0.15, 0.2) is 0 Å². The smallest absolute Gasteiger partial charge is 0.0685 e. The van der Waals surface area contributed by atoms with E-state index in [0.29, 0.717) is 17.6 Å². The third kappa shape index (κ3) is 2.02. The highest BCUT2D eigenvalue weighted by Crippen LogP contribution is 2.52. The summed E-state index contributed by atoms with van der Waals surface area (Å²) in [7, 11) is 0. The van der Waals surface area contributed by atoms with Gasteiger partial charge in [-0.1, -0.05) is 13.8 Å². The van der Waals surface area contributed by atoms with Crippen molar-refractivity contribution in [3.05, 3.63) is 0 Å². The van der Waals surface area contributed by atoms with Crippen molar-refractivity contribution in [1.29, 1.82) is 0 Å². The molecule has 98 valence electrons. The van der Waals surface area contributed by atoms with Gasteiger partial charge in [0.1, 0.15) is 0 Å². The first-order valence-electron chi connectivity index (χ1n) is 7.12. The zero-order valence-corrected chi connectivity index (χ0v) is 11.1. The molecule has 0 radical (unpaired) electrons. The number of ether oxygens (including phenoxy) is 2. The number of hydrogen-bond donors (Lipinski definition) is 1. The first-order chi connectivity index (χ1) is 8.19. The van der Waals surface area contributed by atoms with Gasteiger partial charge in [-0.25, -0.2) is 0 Å². The fourth-order valence-corrected chi connectivity index (χ4v) is 4.00. The van der Waals surface area contributed by atoms with Crippen LogP contribution in [-0.4, -0.2) is 38.5 Å². The Kier molecular flexibility index (Phi) is 3.18. The standard InChI is InChI=1S/C14H25NO2/c1-14(2)12(11-5-7-17-13(11)14)15-8-10-4-3-6-16-9-10/h10-13,15H,3-9H2,1-2H3. The summed E-state index contributed by atoms with van der Waals surface area (Å²) in [4.78, 5) is 0. The van der Waals surface area contributed by atoms with E-state index in [-0.39, 0.29) is 0 Å². The summed E-state index contributed by atoms with van der Waals surface area (Å²) in [6.07, 6.45) is 4.30. The third-order valence-corrected chi connectivity index (χ3v) is 4.98. The van der Waals surface area contributed by atoms with Crippen LogP contribution < -0.4 is 5.32 Å². The molecule has 2 saturated heterocycles. The Balaban J connectivity index is 1.51. The van der Waals surface area contributed by atoms with Gasteiger partial charge in [0.25, 0.3) is 0 Å². The van der Waals surface area contributed by atoms with Crippen LogP contribution in [0.4, 0.5) is 0 Å². The molecule has 1 aliphatic carbocycles. The Labute approximate surface area is 104 Å². The molecule has 17 heavy (non-hydrogen) atoms. The molecule has 0 spiro atoms. The molecule has 2 heterocycles. The normalized spacial score (nSPS) is 44.1. The van der Waals surface area contributed by atoms with Gasteiger partial charge >= 0.3 is 0 Å². The second-order valence-electron chi connectivity index (χ2n) is 6.53. The first-order valence-corrected chi connectivity index (χ1v) is 7.12. The van der Waals surface area contributed by atoms with Crippen LogP contribution in [0.3, 0.4) is 0 Å². The molecule has 0 aromatic heterocycles. The minimum Gasteiger partial charge on any atom is -0.381 e. The second kappa shape index (κ2) is 4.52. The maximum Gasteiger partial charge on any atom is 0.0685 e. The average molecular weight is 239 g/mol. The molecule has 3 nitrogen and oxygen atoms in total. The van der Waals surface area contributed by atoms with E-state index in [9.17, 15) is 0 Å². The summed E-state index contributed by atoms with van der Waals surface area (Å²) < 4.78 is 11.4. The molecule has 4 atom stereocenters. The van der Waals surface area contributed by atoms with Crippen LogP contribution in [0.15, 0.2) is 0 Å². The highest BCUT2D eigenvalue weighted by atomic mass is 16.5. The van der Waals surface area contributed by atoms with Crippen molar-refractivity contribution in [3.63, 3.8) is 0 Å². The Hall–Kier alpha value is -0.120. The van der Waals surface area contributed by atoms with Crippen LogP contribution in [0.25, 0.3) is 0 Å². The second-order valence-corrected chi connectivity index (χ2v) is 6.53. The van der Waals surface area contributed by atoms with E-state index in [1.54, 1.807) is 0 Å². The molecule has 0 aromatic carbocycles. The highest BCUT2D eigenvalue weighted by Gasteiger charge is 2.58. The molecule has 2 aliphatic heterocycles. The summed E-state index contributed by atoms with van der Waals surface area (Å²) >= 11 is 0. The minimum atomic E-state index is 0.316. The largest absolute Gasteiger partial charge is 0.381 e. The average Bonchev–Trinajstić information content (AvgIpc) is 2.77. The predicted octanol–water partition coefficient (Wildman–Crippen LogP) is 1.82. The van der Waals surface area contributed by atoms with Gasteiger partial charge in [-0.2, -0.15) is 0 Å². The molecule has 0 amide bonds. The number of fused-ring (bicyclic) bond motifs is 1. The Morgan fingerprint density at radius 2 is 2.12 bits per heavy atom. The van der Waals surface area contributed by atoms with Crippen LogP contribution >= 0.6 is 0 Å². The van der Waals surface area contributed by atoms with E-state index in [4.69, 9.17) is 9.47 Å². The topological polar surface area (TPSA) is 30.5 Å². The Bertz CT molecular complexity index is 273. The highest BCUT2D eigenvalue weighted by molar-refractivity contribution is 5.11. The predicted molar refractivity (Wildman–Crippen MR) is 67.0 cm³/mol. The summed E-state index contributed by atoms with van der Waals surface area (Å²) in [6, 6.07) is 0.650. The van der Waals surface area contributed by atoms with Crippen LogP contribution in [-0.2, 0) is 9.47 Å². The van der Waals surface area contributed by atoms with Crippen molar-refractivity contribution in [2.75, 3.05) is 26.4 Å². The molecule has 3 fully saturated rings. The fraction of sp³-hybridized carbons (Fsp3) is 1.00. The Morgan fingerprint density at radius 3 is 2.88 bits per heavy atom. The van der Waals surface area contributed by atoms with Crippen LogP contribution in [0.1, 0.15) is 33.1 Å². The van der Waals surface area contributed by atoms with Gasteiger partial charge in [-0.15, -0.1) is 0 Å². The van der Waals surface area contributed by atoms with Crippen molar-refractivity contribution in [1.82, 2.24) is 5.32 Å². The molecule has 1 N–H and O–H groups in total. The lowest BCUT2D eigenvalue weighted by Crippen LogP contribution is -2.66. The number of rotatable bonds is 3. The molecule has 0 bridgehead atoms. The maximum absolute atomic E-state index is 5.82. The SMILES string of the molecule is CC1(C)C(NCC2CCCOC2)C2CCOC21. The third-order valence-electron chi connectivity index (χ3n) is 4.98. The lowest BCUT2D eigenvalue weighted by molar-refractivity contribution is -0.114. The maximum atomic E-state index is 5.82. The number of nitrogens with one attached hydrogen (secondary N) is 1. The van der Waals surface area contributed by atoms with Gasteiger partial charge in [0.2, 0.25) is 0 Å². The van der Waals surface area contributed by atoms with Crippen molar-refractivity contribution < 1.29 is 9.47 Å². The molecule has 0 aromatic rings. The van der Waals surface area contributed by atoms with E-state index in [2.05, 4.69) is 19.2 Å². The molecular formula is C14H25NO2. The monoisotopic (exact) mass is 239 g/mol. The summed E-state index contributed by atoms with van der Waals surface area (Å²) in [5.41, 5.74) is 0.316. The van der Waals surface area contributed by atoms with E-state index in [0.717, 1.165) is 38.2 Å². The zero-order valence-electron chi connectivity index (χ0n) is 11.1. The van der Waals surface area contributed by atoms with Gasteiger partial charge in [-0.05, 0) is 25.2 Å². The zero-order chi connectivity index (χ0) is 11.9. The van der Waals surface area contributed by atoms with Crippen molar-refractivity contribution in [3.8, 4) is 0 Å². The first kappa shape index (κ1) is 11.9. The lowest BCUT2D eigenvalue weighted by atomic mass is 9.57. The molecule has 1 saturated carbocycles.